The number of rotatable bonds is 6. The molecular formula is C15H28N2O2. The molecule has 110 valence electrons. The topological polar surface area (TPSA) is 55.6 Å². The van der Waals surface area contributed by atoms with Crippen LogP contribution in [0, 0.1) is 5.41 Å². The van der Waals surface area contributed by atoms with E-state index in [2.05, 4.69) is 4.90 Å². The third-order valence-electron chi connectivity index (χ3n) is 4.69. The molecule has 0 aliphatic heterocycles. The SMILES string of the molecule is COCCN(C(=O)C1(CN)CCCCCC1)C1CC1. The molecule has 2 aliphatic carbocycles. The van der Waals surface area contributed by atoms with Crippen molar-refractivity contribution in [2.75, 3.05) is 26.8 Å². The summed E-state index contributed by atoms with van der Waals surface area (Å²) in [5.74, 6) is 0.302. The molecule has 0 aromatic carbocycles. The Hall–Kier alpha value is -0.610. The minimum Gasteiger partial charge on any atom is -0.383 e. The van der Waals surface area contributed by atoms with Gasteiger partial charge in [-0.15, -0.1) is 0 Å². The highest BCUT2D eigenvalue weighted by atomic mass is 16.5. The van der Waals surface area contributed by atoms with E-state index in [0.717, 1.165) is 45.1 Å². The van der Waals surface area contributed by atoms with Crippen LogP contribution in [0.3, 0.4) is 0 Å². The largest absolute Gasteiger partial charge is 0.383 e. The van der Waals surface area contributed by atoms with Gasteiger partial charge in [-0.2, -0.15) is 0 Å². The van der Waals surface area contributed by atoms with Crippen molar-refractivity contribution in [2.24, 2.45) is 11.1 Å². The summed E-state index contributed by atoms with van der Waals surface area (Å²) in [6.07, 6.45) is 9.02. The number of hydrogen-bond acceptors (Lipinski definition) is 3. The van der Waals surface area contributed by atoms with Crippen LogP contribution in [0.1, 0.15) is 51.4 Å². The van der Waals surface area contributed by atoms with Crippen molar-refractivity contribution in [1.29, 1.82) is 0 Å². The molecule has 0 aromatic rings. The van der Waals surface area contributed by atoms with Gasteiger partial charge in [0.2, 0.25) is 5.91 Å². The minimum atomic E-state index is -0.285. The first-order valence-corrected chi connectivity index (χ1v) is 7.73. The van der Waals surface area contributed by atoms with E-state index in [-0.39, 0.29) is 5.41 Å². The van der Waals surface area contributed by atoms with Crippen LogP contribution in [0.25, 0.3) is 0 Å². The predicted octanol–water partition coefficient (Wildman–Crippen LogP) is 1.92. The molecule has 1 amide bonds. The van der Waals surface area contributed by atoms with Crippen molar-refractivity contribution in [3.8, 4) is 0 Å². The first-order valence-electron chi connectivity index (χ1n) is 7.73. The quantitative estimate of drug-likeness (QED) is 0.749. The Kier molecular flexibility index (Phi) is 5.22. The van der Waals surface area contributed by atoms with Crippen LogP contribution in [-0.4, -0.2) is 43.7 Å². The van der Waals surface area contributed by atoms with Gasteiger partial charge in [0.15, 0.2) is 0 Å². The zero-order valence-electron chi connectivity index (χ0n) is 12.2. The van der Waals surface area contributed by atoms with Crippen LogP contribution in [0.2, 0.25) is 0 Å². The number of methoxy groups -OCH3 is 1. The van der Waals surface area contributed by atoms with E-state index in [1.165, 1.54) is 12.8 Å². The smallest absolute Gasteiger partial charge is 0.230 e. The highest BCUT2D eigenvalue weighted by Crippen LogP contribution is 2.39. The number of nitrogens with zero attached hydrogens (tertiary/aromatic N) is 1. The fraction of sp³-hybridized carbons (Fsp3) is 0.933. The zero-order chi connectivity index (χ0) is 13.7. The number of carbonyl (C=O) groups excluding carboxylic acids is 1. The highest BCUT2D eigenvalue weighted by Gasteiger charge is 2.44. The molecule has 2 saturated carbocycles. The fourth-order valence-corrected chi connectivity index (χ4v) is 3.24. The summed E-state index contributed by atoms with van der Waals surface area (Å²) in [6.45, 7) is 1.85. The van der Waals surface area contributed by atoms with E-state index < -0.39 is 0 Å². The molecule has 0 unspecified atom stereocenters. The van der Waals surface area contributed by atoms with Gasteiger partial charge in [-0.1, -0.05) is 25.7 Å². The molecule has 2 aliphatic rings. The summed E-state index contributed by atoms with van der Waals surface area (Å²) in [4.78, 5) is 15.0. The van der Waals surface area contributed by atoms with E-state index >= 15 is 0 Å². The molecule has 2 N–H and O–H groups in total. The Morgan fingerprint density at radius 3 is 2.37 bits per heavy atom. The fourth-order valence-electron chi connectivity index (χ4n) is 3.24. The second kappa shape index (κ2) is 6.71. The third kappa shape index (κ3) is 3.48. The maximum absolute atomic E-state index is 13.0. The Morgan fingerprint density at radius 2 is 1.89 bits per heavy atom. The van der Waals surface area contributed by atoms with E-state index in [0.29, 0.717) is 25.1 Å². The van der Waals surface area contributed by atoms with Gasteiger partial charge in [-0.05, 0) is 25.7 Å². The summed E-state index contributed by atoms with van der Waals surface area (Å²) < 4.78 is 5.15. The first kappa shape index (κ1) is 14.8. The van der Waals surface area contributed by atoms with Crippen molar-refractivity contribution in [2.45, 2.75) is 57.4 Å². The highest BCUT2D eigenvalue weighted by molar-refractivity contribution is 5.83. The summed E-state index contributed by atoms with van der Waals surface area (Å²) in [7, 11) is 1.69. The second-order valence-corrected chi connectivity index (χ2v) is 6.12. The molecule has 0 atom stereocenters. The van der Waals surface area contributed by atoms with Crippen LogP contribution < -0.4 is 5.73 Å². The molecular weight excluding hydrogens is 240 g/mol. The van der Waals surface area contributed by atoms with Crippen LogP contribution in [0.5, 0.6) is 0 Å². The van der Waals surface area contributed by atoms with Crippen LogP contribution >= 0.6 is 0 Å². The zero-order valence-corrected chi connectivity index (χ0v) is 12.2. The molecule has 0 bridgehead atoms. The monoisotopic (exact) mass is 268 g/mol. The average molecular weight is 268 g/mol. The van der Waals surface area contributed by atoms with Crippen molar-refractivity contribution in [3.63, 3.8) is 0 Å². The van der Waals surface area contributed by atoms with Crippen molar-refractivity contribution in [3.05, 3.63) is 0 Å². The Bertz CT molecular complexity index is 295. The molecule has 2 fully saturated rings. The van der Waals surface area contributed by atoms with Crippen molar-refractivity contribution < 1.29 is 9.53 Å². The molecule has 0 aromatic heterocycles. The summed E-state index contributed by atoms with van der Waals surface area (Å²) in [5, 5.41) is 0. The standard InChI is InChI=1S/C15H28N2O2/c1-19-11-10-17(13-6-7-13)14(18)15(12-16)8-4-2-3-5-9-15/h13H,2-12,16H2,1H3. The molecule has 19 heavy (non-hydrogen) atoms. The Balaban J connectivity index is 2.07. The lowest BCUT2D eigenvalue weighted by atomic mass is 9.79. The van der Waals surface area contributed by atoms with Gasteiger partial charge in [0, 0.05) is 26.2 Å². The molecule has 4 nitrogen and oxygen atoms in total. The Morgan fingerprint density at radius 1 is 1.26 bits per heavy atom. The lowest BCUT2D eigenvalue weighted by Gasteiger charge is -2.36. The first-order chi connectivity index (χ1) is 9.23. The molecule has 0 saturated heterocycles. The van der Waals surface area contributed by atoms with Crippen LogP contribution in [0.15, 0.2) is 0 Å². The van der Waals surface area contributed by atoms with E-state index in [1.807, 2.05) is 0 Å². The Labute approximate surface area is 116 Å². The van der Waals surface area contributed by atoms with Gasteiger partial charge >= 0.3 is 0 Å². The molecule has 4 heteroatoms. The van der Waals surface area contributed by atoms with Gasteiger partial charge in [-0.3, -0.25) is 4.79 Å². The third-order valence-corrected chi connectivity index (χ3v) is 4.69. The average Bonchev–Trinajstić information content (AvgIpc) is 3.26. The number of nitrogens with two attached hydrogens (primary N) is 1. The summed E-state index contributed by atoms with van der Waals surface area (Å²) in [6, 6.07) is 0.453. The lowest BCUT2D eigenvalue weighted by molar-refractivity contribution is -0.143. The van der Waals surface area contributed by atoms with Crippen LogP contribution in [-0.2, 0) is 9.53 Å². The van der Waals surface area contributed by atoms with E-state index in [4.69, 9.17) is 10.5 Å². The maximum Gasteiger partial charge on any atom is 0.230 e. The van der Waals surface area contributed by atoms with Gasteiger partial charge in [0.05, 0.1) is 12.0 Å². The predicted molar refractivity (Wildman–Crippen MR) is 75.8 cm³/mol. The van der Waals surface area contributed by atoms with Crippen LogP contribution in [0.4, 0.5) is 0 Å². The molecule has 0 radical (unpaired) electrons. The van der Waals surface area contributed by atoms with Crippen molar-refractivity contribution >= 4 is 5.91 Å². The number of carbonyl (C=O) groups is 1. The number of hydrogen-bond donors (Lipinski definition) is 1. The van der Waals surface area contributed by atoms with Gasteiger partial charge in [-0.25, -0.2) is 0 Å². The van der Waals surface area contributed by atoms with Crippen molar-refractivity contribution in [1.82, 2.24) is 4.90 Å². The molecule has 2 rings (SSSR count). The summed E-state index contributed by atoms with van der Waals surface area (Å²) in [5.41, 5.74) is 5.73. The van der Waals surface area contributed by atoms with Gasteiger partial charge < -0.3 is 15.4 Å². The lowest BCUT2D eigenvalue weighted by Crippen LogP contribution is -2.49. The summed E-state index contributed by atoms with van der Waals surface area (Å²) >= 11 is 0. The number of amides is 1. The van der Waals surface area contributed by atoms with Gasteiger partial charge in [0.1, 0.15) is 0 Å². The molecule has 0 heterocycles. The number of ether oxygens (including phenoxy) is 1. The minimum absolute atomic E-state index is 0.285. The van der Waals surface area contributed by atoms with Gasteiger partial charge in [0.25, 0.3) is 0 Å². The second-order valence-electron chi connectivity index (χ2n) is 6.12. The van der Waals surface area contributed by atoms with E-state index in [1.54, 1.807) is 7.11 Å². The normalized spacial score (nSPS) is 22.8. The molecule has 0 spiro atoms. The maximum atomic E-state index is 13.0. The van der Waals surface area contributed by atoms with E-state index in [9.17, 15) is 4.79 Å².